The summed E-state index contributed by atoms with van der Waals surface area (Å²) in [5.41, 5.74) is 4.24. The molecule has 7 heteroatoms. The Kier molecular flexibility index (Phi) is 6.73. The third kappa shape index (κ3) is 4.15. The monoisotopic (exact) mass is 479 g/mol. The molecule has 180 valence electrons. The number of aliphatic imine (C=N–C) groups is 1. The van der Waals surface area contributed by atoms with Gasteiger partial charge in [0.2, 0.25) is 11.8 Å². The molecule has 0 N–H and O–H groups in total. The van der Waals surface area contributed by atoms with Crippen LogP contribution in [0.5, 0.6) is 5.75 Å². The normalized spacial score (nSPS) is 19.1. The lowest BCUT2D eigenvalue weighted by molar-refractivity contribution is -0.135. The van der Waals surface area contributed by atoms with Crippen LogP contribution in [0.1, 0.15) is 67.0 Å². The summed E-state index contributed by atoms with van der Waals surface area (Å²) < 4.78 is 5.35. The highest BCUT2D eigenvalue weighted by molar-refractivity contribution is 7.17. The molecule has 1 unspecified atom stereocenters. The minimum Gasteiger partial charge on any atom is -0.497 e. The quantitative estimate of drug-likeness (QED) is 0.629. The van der Waals surface area contributed by atoms with Gasteiger partial charge in [0.25, 0.3) is 0 Å². The van der Waals surface area contributed by atoms with Crippen LogP contribution < -0.4 is 9.64 Å². The van der Waals surface area contributed by atoms with E-state index in [1.54, 1.807) is 18.4 Å². The summed E-state index contributed by atoms with van der Waals surface area (Å²) in [4.78, 5) is 37.2. The summed E-state index contributed by atoms with van der Waals surface area (Å²) in [6.45, 7) is 3.65. The van der Waals surface area contributed by atoms with Crippen molar-refractivity contribution in [3.05, 3.63) is 45.8 Å². The SMILES string of the molecule is CCC(C(=O)N1CCCCC1)N1C(=O)CN=C(c2ccc(OC)cc2)c2c1sc1c2CCCC1. The van der Waals surface area contributed by atoms with Crippen LogP contribution in [0.3, 0.4) is 0 Å². The second kappa shape index (κ2) is 9.90. The molecule has 1 aromatic heterocycles. The Labute approximate surface area is 205 Å². The van der Waals surface area contributed by atoms with E-state index < -0.39 is 6.04 Å². The van der Waals surface area contributed by atoms with E-state index in [-0.39, 0.29) is 18.4 Å². The molecule has 1 aliphatic carbocycles. The number of thiophene rings is 1. The van der Waals surface area contributed by atoms with Gasteiger partial charge < -0.3 is 9.64 Å². The maximum Gasteiger partial charge on any atom is 0.250 e. The van der Waals surface area contributed by atoms with Crippen LogP contribution in [0, 0.1) is 0 Å². The van der Waals surface area contributed by atoms with E-state index in [4.69, 9.17) is 9.73 Å². The zero-order valence-electron chi connectivity index (χ0n) is 20.1. The Morgan fingerprint density at radius 3 is 2.53 bits per heavy atom. The average Bonchev–Trinajstić information content (AvgIpc) is 3.19. The lowest BCUT2D eigenvalue weighted by Crippen LogP contribution is -2.52. The second-order valence-electron chi connectivity index (χ2n) is 9.36. The number of benzene rings is 1. The van der Waals surface area contributed by atoms with Gasteiger partial charge in [0.1, 0.15) is 23.3 Å². The number of aryl methyl sites for hydroxylation is 1. The molecule has 0 radical (unpaired) electrons. The Bertz CT molecular complexity index is 1100. The number of fused-ring (bicyclic) bond motifs is 3. The van der Waals surface area contributed by atoms with Gasteiger partial charge in [0.15, 0.2) is 0 Å². The van der Waals surface area contributed by atoms with Crippen LogP contribution in [0.2, 0.25) is 0 Å². The summed E-state index contributed by atoms with van der Waals surface area (Å²) >= 11 is 1.71. The molecule has 6 nitrogen and oxygen atoms in total. The fourth-order valence-corrected chi connectivity index (χ4v) is 6.93. The summed E-state index contributed by atoms with van der Waals surface area (Å²) in [7, 11) is 1.66. The minimum absolute atomic E-state index is 0.0569. The summed E-state index contributed by atoms with van der Waals surface area (Å²) in [5, 5.41) is 0.918. The van der Waals surface area contributed by atoms with Crippen LogP contribution in [-0.2, 0) is 22.4 Å². The highest BCUT2D eigenvalue weighted by Gasteiger charge is 2.39. The Hall–Kier alpha value is -2.67. The fraction of sp³-hybridized carbons (Fsp3) is 0.519. The lowest BCUT2D eigenvalue weighted by Gasteiger charge is -2.35. The molecule has 1 aromatic carbocycles. The number of rotatable bonds is 5. The number of anilines is 1. The van der Waals surface area contributed by atoms with Crippen LogP contribution in [-0.4, -0.2) is 55.2 Å². The first-order valence-electron chi connectivity index (χ1n) is 12.6. The van der Waals surface area contributed by atoms with Gasteiger partial charge in [-0.2, -0.15) is 0 Å². The molecule has 34 heavy (non-hydrogen) atoms. The van der Waals surface area contributed by atoms with Crippen LogP contribution in [0.4, 0.5) is 5.00 Å². The molecule has 1 fully saturated rings. The van der Waals surface area contributed by atoms with Gasteiger partial charge in [0.05, 0.1) is 12.8 Å². The predicted octanol–water partition coefficient (Wildman–Crippen LogP) is 4.61. The van der Waals surface area contributed by atoms with Crippen molar-refractivity contribution in [2.45, 2.75) is 64.3 Å². The Balaban J connectivity index is 1.61. The fourth-order valence-electron chi connectivity index (χ4n) is 5.47. The first-order valence-corrected chi connectivity index (χ1v) is 13.4. The molecule has 1 atom stereocenters. The van der Waals surface area contributed by atoms with E-state index in [0.29, 0.717) is 6.42 Å². The van der Waals surface area contributed by atoms with Crippen LogP contribution >= 0.6 is 11.3 Å². The van der Waals surface area contributed by atoms with Crippen molar-refractivity contribution < 1.29 is 14.3 Å². The molecule has 2 aliphatic heterocycles. The number of methoxy groups -OCH3 is 1. The summed E-state index contributed by atoms with van der Waals surface area (Å²) in [6.07, 6.45) is 8.18. The van der Waals surface area contributed by atoms with Gasteiger partial charge in [-0.1, -0.05) is 6.92 Å². The molecular formula is C27H33N3O3S. The third-order valence-electron chi connectivity index (χ3n) is 7.26. The summed E-state index contributed by atoms with van der Waals surface area (Å²) in [6, 6.07) is 7.44. The van der Waals surface area contributed by atoms with Crippen LogP contribution in [0.25, 0.3) is 0 Å². The zero-order chi connectivity index (χ0) is 23.7. The number of ether oxygens (including phenoxy) is 1. The van der Waals surface area contributed by atoms with E-state index in [2.05, 4.69) is 0 Å². The van der Waals surface area contributed by atoms with E-state index >= 15 is 0 Å². The summed E-state index contributed by atoms with van der Waals surface area (Å²) in [5.74, 6) is 0.794. The van der Waals surface area contributed by atoms with E-state index in [0.717, 1.165) is 72.8 Å². The van der Waals surface area contributed by atoms with E-state index in [1.807, 2.05) is 41.0 Å². The van der Waals surface area contributed by atoms with Gasteiger partial charge in [-0.25, -0.2) is 0 Å². The largest absolute Gasteiger partial charge is 0.497 e. The molecule has 0 saturated carbocycles. The number of carbonyl (C=O) groups excluding carboxylic acids is 2. The molecule has 0 bridgehead atoms. The molecule has 0 spiro atoms. The maximum absolute atomic E-state index is 13.6. The molecule has 5 rings (SSSR count). The molecule has 1 saturated heterocycles. The van der Waals surface area contributed by atoms with Crippen molar-refractivity contribution in [2.24, 2.45) is 4.99 Å². The van der Waals surface area contributed by atoms with Crippen molar-refractivity contribution in [2.75, 3.05) is 31.6 Å². The standard InChI is InChI=1S/C27H33N3O3S/c1-3-21(26(32)29-15-7-4-8-16-29)30-23(31)17-28-25(18-11-13-19(33-2)14-12-18)24-20-9-5-6-10-22(20)34-27(24)30/h11-14,21H,3-10,15-17H2,1-2H3. The Morgan fingerprint density at radius 2 is 1.82 bits per heavy atom. The van der Waals surface area contributed by atoms with Crippen molar-refractivity contribution >= 4 is 33.9 Å². The van der Waals surface area contributed by atoms with Gasteiger partial charge in [-0.05, 0) is 81.2 Å². The number of likely N-dealkylation sites (tertiary alicyclic amines) is 1. The zero-order valence-corrected chi connectivity index (χ0v) is 21.0. The van der Waals surface area contributed by atoms with Crippen molar-refractivity contribution in [1.29, 1.82) is 0 Å². The highest BCUT2D eigenvalue weighted by atomic mass is 32.1. The van der Waals surface area contributed by atoms with Gasteiger partial charge in [-0.15, -0.1) is 11.3 Å². The maximum atomic E-state index is 13.6. The van der Waals surface area contributed by atoms with Gasteiger partial charge >= 0.3 is 0 Å². The number of carbonyl (C=O) groups is 2. The average molecular weight is 480 g/mol. The number of piperidine rings is 1. The van der Waals surface area contributed by atoms with Gasteiger partial charge in [-0.3, -0.25) is 19.5 Å². The first-order chi connectivity index (χ1) is 16.6. The topological polar surface area (TPSA) is 62.2 Å². The molecule has 2 amide bonds. The number of hydrogen-bond donors (Lipinski definition) is 0. The third-order valence-corrected chi connectivity index (χ3v) is 8.56. The van der Waals surface area contributed by atoms with Crippen LogP contribution in [0.15, 0.2) is 29.3 Å². The van der Waals surface area contributed by atoms with E-state index in [9.17, 15) is 9.59 Å². The van der Waals surface area contributed by atoms with E-state index in [1.165, 1.54) is 23.3 Å². The second-order valence-corrected chi connectivity index (χ2v) is 10.4. The molecule has 2 aromatic rings. The number of amides is 2. The molecular weight excluding hydrogens is 446 g/mol. The number of nitrogens with zero attached hydrogens (tertiary/aromatic N) is 3. The Morgan fingerprint density at radius 1 is 1.09 bits per heavy atom. The van der Waals surface area contributed by atoms with Crippen molar-refractivity contribution in [3.8, 4) is 5.75 Å². The number of hydrogen-bond acceptors (Lipinski definition) is 5. The van der Waals surface area contributed by atoms with Crippen molar-refractivity contribution in [3.63, 3.8) is 0 Å². The van der Waals surface area contributed by atoms with Gasteiger partial charge in [0, 0.05) is 29.1 Å². The lowest BCUT2D eigenvalue weighted by atomic mass is 9.91. The first kappa shape index (κ1) is 23.1. The predicted molar refractivity (Wildman–Crippen MR) is 136 cm³/mol. The van der Waals surface area contributed by atoms with Crippen molar-refractivity contribution in [1.82, 2.24) is 4.90 Å². The molecule has 3 heterocycles. The minimum atomic E-state index is -0.477. The highest BCUT2D eigenvalue weighted by Crippen LogP contribution is 2.44. The smallest absolute Gasteiger partial charge is 0.250 e. The molecule has 3 aliphatic rings.